The van der Waals surface area contributed by atoms with Crippen molar-refractivity contribution in [1.29, 1.82) is 0 Å². The molecule has 0 bridgehead atoms. The van der Waals surface area contributed by atoms with Crippen LogP contribution in [0.15, 0.2) is 30.3 Å². The van der Waals surface area contributed by atoms with Gasteiger partial charge in [0.05, 0.1) is 24.5 Å². The SMILES string of the molecule is CCC(C)NC(=O)N1Cc2nc(N)nc(/C=C/c3ccccc3)c2C1. The summed E-state index contributed by atoms with van der Waals surface area (Å²) >= 11 is 0. The van der Waals surface area contributed by atoms with Gasteiger partial charge in [0.1, 0.15) is 0 Å². The van der Waals surface area contributed by atoms with Gasteiger partial charge >= 0.3 is 6.03 Å². The normalized spacial score (nSPS) is 14.6. The zero-order valence-corrected chi connectivity index (χ0v) is 14.6. The summed E-state index contributed by atoms with van der Waals surface area (Å²) in [6, 6.07) is 10.1. The van der Waals surface area contributed by atoms with Crippen LogP contribution in [0, 0.1) is 0 Å². The molecule has 25 heavy (non-hydrogen) atoms. The van der Waals surface area contributed by atoms with Crippen LogP contribution in [0.25, 0.3) is 12.2 Å². The zero-order valence-electron chi connectivity index (χ0n) is 14.6. The maximum Gasteiger partial charge on any atom is 0.318 e. The second kappa shape index (κ2) is 7.34. The Labute approximate surface area is 147 Å². The first-order chi connectivity index (χ1) is 12.1. The number of nitrogen functional groups attached to an aromatic ring is 1. The number of nitrogens with zero attached hydrogens (tertiary/aromatic N) is 3. The van der Waals surface area contributed by atoms with Crippen LogP contribution < -0.4 is 11.1 Å². The highest BCUT2D eigenvalue weighted by molar-refractivity contribution is 5.76. The van der Waals surface area contributed by atoms with Gasteiger partial charge in [-0.3, -0.25) is 0 Å². The second-order valence-electron chi connectivity index (χ2n) is 6.25. The van der Waals surface area contributed by atoms with Crippen LogP contribution in [-0.2, 0) is 13.1 Å². The fourth-order valence-electron chi connectivity index (χ4n) is 2.72. The number of amides is 2. The summed E-state index contributed by atoms with van der Waals surface area (Å²) in [5.74, 6) is 0.232. The molecule has 2 amide bonds. The predicted molar refractivity (Wildman–Crippen MR) is 99.3 cm³/mol. The Balaban J connectivity index is 1.81. The van der Waals surface area contributed by atoms with Crippen molar-refractivity contribution in [3.63, 3.8) is 0 Å². The molecule has 0 fully saturated rings. The Kier molecular flexibility index (Phi) is 4.97. The van der Waals surface area contributed by atoms with Gasteiger partial charge in [-0.05, 0) is 25.0 Å². The van der Waals surface area contributed by atoms with E-state index in [0.29, 0.717) is 13.1 Å². The van der Waals surface area contributed by atoms with E-state index in [4.69, 9.17) is 5.73 Å². The fraction of sp³-hybridized carbons (Fsp3) is 0.316. The van der Waals surface area contributed by atoms with Crippen molar-refractivity contribution in [3.05, 3.63) is 52.8 Å². The zero-order chi connectivity index (χ0) is 17.8. The molecule has 1 aromatic carbocycles. The Hall–Kier alpha value is -2.89. The summed E-state index contributed by atoms with van der Waals surface area (Å²) in [5.41, 5.74) is 9.48. The number of hydrogen-bond acceptors (Lipinski definition) is 4. The van der Waals surface area contributed by atoms with E-state index in [2.05, 4.69) is 15.3 Å². The summed E-state index contributed by atoms with van der Waals surface area (Å²) in [7, 11) is 0. The molecule has 1 aliphatic rings. The van der Waals surface area contributed by atoms with Gasteiger partial charge in [0.2, 0.25) is 5.95 Å². The standard InChI is InChI=1S/C19H23N5O/c1-3-13(2)21-19(25)24-11-15-16(22-18(20)23-17(15)12-24)10-9-14-7-5-4-6-8-14/h4-10,13H,3,11-12H2,1-2H3,(H,21,25)(H2,20,22,23)/b10-9+. The van der Waals surface area contributed by atoms with Gasteiger partial charge < -0.3 is 16.0 Å². The number of urea groups is 1. The minimum Gasteiger partial charge on any atom is -0.368 e. The van der Waals surface area contributed by atoms with Crippen molar-refractivity contribution in [1.82, 2.24) is 20.2 Å². The lowest BCUT2D eigenvalue weighted by Crippen LogP contribution is -2.41. The molecular formula is C19H23N5O. The number of hydrogen-bond donors (Lipinski definition) is 2. The van der Waals surface area contributed by atoms with Crippen molar-refractivity contribution >= 4 is 24.1 Å². The Morgan fingerprint density at radius 1 is 1.28 bits per heavy atom. The first-order valence-electron chi connectivity index (χ1n) is 8.50. The number of rotatable bonds is 4. The predicted octanol–water partition coefficient (Wildman–Crippen LogP) is 3.05. The van der Waals surface area contributed by atoms with Gasteiger partial charge in [0.25, 0.3) is 0 Å². The highest BCUT2D eigenvalue weighted by atomic mass is 16.2. The number of nitrogens with two attached hydrogens (primary N) is 1. The molecule has 3 rings (SSSR count). The van der Waals surface area contributed by atoms with Gasteiger partial charge in [-0.2, -0.15) is 0 Å². The molecule has 2 aromatic rings. The van der Waals surface area contributed by atoms with Crippen molar-refractivity contribution < 1.29 is 4.79 Å². The minimum absolute atomic E-state index is 0.0797. The summed E-state index contributed by atoms with van der Waals surface area (Å²) < 4.78 is 0. The van der Waals surface area contributed by atoms with E-state index < -0.39 is 0 Å². The quantitative estimate of drug-likeness (QED) is 0.898. The lowest BCUT2D eigenvalue weighted by atomic mass is 10.1. The van der Waals surface area contributed by atoms with Crippen molar-refractivity contribution in [2.24, 2.45) is 0 Å². The molecule has 0 radical (unpaired) electrons. The van der Waals surface area contributed by atoms with E-state index >= 15 is 0 Å². The van der Waals surface area contributed by atoms with Crippen LogP contribution in [0.4, 0.5) is 10.7 Å². The molecule has 1 atom stereocenters. The molecule has 0 spiro atoms. The Morgan fingerprint density at radius 2 is 2.04 bits per heavy atom. The third-order valence-electron chi connectivity index (χ3n) is 4.33. The second-order valence-corrected chi connectivity index (χ2v) is 6.25. The molecule has 0 saturated heterocycles. The summed E-state index contributed by atoms with van der Waals surface area (Å²) in [6.45, 7) is 4.98. The molecule has 130 valence electrons. The van der Waals surface area contributed by atoms with E-state index in [1.165, 1.54) is 0 Å². The molecule has 2 heterocycles. The van der Waals surface area contributed by atoms with E-state index in [-0.39, 0.29) is 18.0 Å². The van der Waals surface area contributed by atoms with Crippen molar-refractivity contribution in [2.45, 2.75) is 39.4 Å². The first-order valence-corrected chi connectivity index (χ1v) is 8.50. The van der Waals surface area contributed by atoms with E-state index in [1.807, 2.05) is 56.3 Å². The van der Waals surface area contributed by atoms with Crippen molar-refractivity contribution in [2.75, 3.05) is 5.73 Å². The lowest BCUT2D eigenvalue weighted by molar-refractivity contribution is 0.194. The molecule has 0 saturated carbocycles. The van der Waals surface area contributed by atoms with Gasteiger partial charge in [-0.1, -0.05) is 43.3 Å². The smallest absolute Gasteiger partial charge is 0.318 e. The average Bonchev–Trinajstić information content (AvgIpc) is 3.04. The maximum atomic E-state index is 12.4. The van der Waals surface area contributed by atoms with Crippen LogP contribution in [-0.4, -0.2) is 26.9 Å². The van der Waals surface area contributed by atoms with Gasteiger partial charge in [0, 0.05) is 11.6 Å². The van der Waals surface area contributed by atoms with E-state index in [1.54, 1.807) is 4.90 Å². The number of fused-ring (bicyclic) bond motifs is 1. The Morgan fingerprint density at radius 3 is 2.76 bits per heavy atom. The van der Waals surface area contributed by atoms with Crippen LogP contribution in [0.3, 0.4) is 0 Å². The molecule has 1 aromatic heterocycles. The summed E-state index contributed by atoms with van der Waals surface area (Å²) in [5, 5.41) is 2.99. The van der Waals surface area contributed by atoms with Crippen LogP contribution >= 0.6 is 0 Å². The number of carbonyl (C=O) groups is 1. The molecule has 6 heteroatoms. The molecule has 3 N–H and O–H groups in total. The summed E-state index contributed by atoms with van der Waals surface area (Å²) in [6.07, 6.45) is 4.82. The molecule has 6 nitrogen and oxygen atoms in total. The Bertz CT molecular complexity index is 788. The molecule has 1 aliphatic heterocycles. The van der Waals surface area contributed by atoms with Gasteiger partial charge in [-0.25, -0.2) is 14.8 Å². The number of aromatic nitrogens is 2. The molecule has 0 aliphatic carbocycles. The first kappa shape index (κ1) is 17.0. The fourth-order valence-corrected chi connectivity index (χ4v) is 2.72. The number of benzene rings is 1. The third kappa shape index (κ3) is 3.96. The maximum absolute atomic E-state index is 12.4. The topological polar surface area (TPSA) is 84.1 Å². The van der Waals surface area contributed by atoms with E-state index in [9.17, 15) is 4.79 Å². The molecule has 1 unspecified atom stereocenters. The average molecular weight is 337 g/mol. The third-order valence-corrected chi connectivity index (χ3v) is 4.33. The minimum atomic E-state index is -0.0797. The highest BCUT2D eigenvalue weighted by Gasteiger charge is 2.27. The van der Waals surface area contributed by atoms with E-state index in [0.717, 1.165) is 28.9 Å². The number of carbonyl (C=O) groups excluding carboxylic acids is 1. The number of nitrogens with one attached hydrogen (secondary N) is 1. The van der Waals surface area contributed by atoms with Crippen molar-refractivity contribution in [3.8, 4) is 0 Å². The molecular weight excluding hydrogens is 314 g/mol. The summed E-state index contributed by atoms with van der Waals surface area (Å²) in [4.78, 5) is 22.8. The largest absolute Gasteiger partial charge is 0.368 e. The van der Waals surface area contributed by atoms with Crippen LogP contribution in [0.1, 0.15) is 42.8 Å². The lowest BCUT2D eigenvalue weighted by Gasteiger charge is -2.19. The van der Waals surface area contributed by atoms with Crippen LogP contribution in [0.5, 0.6) is 0 Å². The van der Waals surface area contributed by atoms with Gasteiger partial charge in [0.15, 0.2) is 0 Å². The number of anilines is 1. The van der Waals surface area contributed by atoms with Gasteiger partial charge in [-0.15, -0.1) is 0 Å². The highest BCUT2D eigenvalue weighted by Crippen LogP contribution is 2.25. The van der Waals surface area contributed by atoms with Crippen LogP contribution in [0.2, 0.25) is 0 Å². The monoisotopic (exact) mass is 337 g/mol.